The first kappa shape index (κ1) is 20.2. The molecule has 4 nitrogen and oxygen atoms in total. The van der Waals surface area contributed by atoms with E-state index in [0.29, 0.717) is 29.7 Å². The van der Waals surface area contributed by atoms with Gasteiger partial charge in [0.15, 0.2) is 0 Å². The van der Waals surface area contributed by atoms with Gasteiger partial charge in [-0.3, -0.25) is 9.59 Å². The summed E-state index contributed by atoms with van der Waals surface area (Å²) in [5, 5.41) is 3.17. The topological polar surface area (TPSA) is 49.4 Å². The maximum atomic E-state index is 13.4. The Morgan fingerprint density at radius 3 is 2.44 bits per heavy atom. The molecule has 3 rings (SSSR count). The summed E-state index contributed by atoms with van der Waals surface area (Å²) in [5.74, 6) is 1.59. The number of thioether (sulfide) groups is 1. The Balaban J connectivity index is 1.83. The van der Waals surface area contributed by atoms with Gasteiger partial charge in [-0.1, -0.05) is 50.8 Å². The zero-order chi connectivity index (χ0) is 19.4. The fraction of sp³-hybridized carbons (Fsp3) is 0.636. The molecule has 1 aliphatic heterocycles. The summed E-state index contributed by atoms with van der Waals surface area (Å²) in [6, 6.07) is 7.36. The standard InChI is InChI=1S/C22H32N2O2S/c1-15(2)13-23-20(25)19-14-27-22(18-7-5-4-6-8-18)24(19)21(26)17-11-9-16(3)10-12-17/h9-12,15,18-19,22H,4-8,13-14H2,1-3H3,(H,23,25)/t19-,22+/m0/s1. The van der Waals surface area contributed by atoms with Crippen molar-refractivity contribution >= 4 is 23.6 Å². The summed E-state index contributed by atoms with van der Waals surface area (Å²) in [6.45, 7) is 6.85. The summed E-state index contributed by atoms with van der Waals surface area (Å²) in [6.07, 6.45) is 6.08. The minimum Gasteiger partial charge on any atom is -0.354 e. The summed E-state index contributed by atoms with van der Waals surface area (Å²) < 4.78 is 0. The lowest BCUT2D eigenvalue weighted by atomic mass is 9.88. The molecule has 2 atom stereocenters. The first-order valence-corrected chi connectivity index (χ1v) is 11.3. The number of hydrogen-bond donors (Lipinski definition) is 1. The Labute approximate surface area is 167 Å². The number of carbonyl (C=O) groups excluding carboxylic acids is 2. The smallest absolute Gasteiger partial charge is 0.255 e. The molecule has 1 heterocycles. The second-order valence-electron chi connectivity index (χ2n) is 8.36. The Hall–Kier alpha value is -1.49. The second kappa shape index (κ2) is 9.13. The van der Waals surface area contributed by atoms with Crippen LogP contribution in [0.2, 0.25) is 0 Å². The van der Waals surface area contributed by atoms with E-state index in [1.165, 1.54) is 19.3 Å². The number of hydrogen-bond acceptors (Lipinski definition) is 3. The van der Waals surface area contributed by atoms with E-state index >= 15 is 0 Å². The van der Waals surface area contributed by atoms with Crippen LogP contribution in [0.5, 0.6) is 0 Å². The SMILES string of the molecule is Cc1ccc(C(=O)N2[C@@H](C3CCCCC3)SC[C@H]2C(=O)NCC(C)C)cc1. The molecule has 0 bridgehead atoms. The molecule has 1 aromatic carbocycles. The Morgan fingerprint density at radius 2 is 1.81 bits per heavy atom. The van der Waals surface area contributed by atoms with Gasteiger partial charge in [0, 0.05) is 17.9 Å². The molecule has 0 aromatic heterocycles. The fourth-order valence-electron chi connectivity index (χ4n) is 4.04. The van der Waals surface area contributed by atoms with Crippen LogP contribution in [0.3, 0.4) is 0 Å². The van der Waals surface area contributed by atoms with Gasteiger partial charge in [0.05, 0.1) is 5.37 Å². The quantitative estimate of drug-likeness (QED) is 0.821. The van der Waals surface area contributed by atoms with Gasteiger partial charge in [-0.25, -0.2) is 0 Å². The zero-order valence-electron chi connectivity index (χ0n) is 16.7. The van der Waals surface area contributed by atoms with Gasteiger partial charge >= 0.3 is 0 Å². The van der Waals surface area contributed by atoms with E-state index < -0.39 is 0 Å². The van der Waals surface area contributed by atoms with Crippen LogP contribution < -0.4 is 5.32 Å². The van der Waals surface area contributed by atoms with Crippen LogP contribution in [0, 0.1) is 18.8 Å². The molecule has 2 aliphatic rings. The van der Waals surface area contributed by atoms with Crippen molar-refractivity contribution < 1.29 is 9.59 Å². The second-order valence-corrected chi connectivity index (χ2v) is 9.50. The molecular formula is C22H32N2O2S. The van der Waals surface area contributed by atoms with E-state index in [0.717, 1.165) is 18.4 Å². The highest BCUT2D eigenvalue weighted by molar-refractivity contribution is 8.00. The van der Waals surface area contributed by atoms with E-state index in [-0.39, 0.29) is 23.2 Å². The maximum Gasteiger partial charge on any atom is 0.255 e. The van der Waals surface area contributed by atoms with E-state index in [2.05, 4.69) is 19.2 Å². The monoisotopic (exact) mass is 388 g/mol. The molecule has 27 heavy (non-hydrogen) atoms. The van der Waals surface area contributed by atoms with Gasteiger partial charge in [0.2, 0.25) is 5.91 Å². The third kappa shape index (κ3) is 4.87. The van der Waals surface area contributed by atoms with Crippen LogP contribution in [-0.2, 0) is 4.79 Å². The number of benzene rings is 1. The minimum absolute atomic E-state index is 0.000250. The van der Waals surface area contributed by atoms with Crippen molar-refractivity contribution in [2.24, 2.45) is 11.8 Å². The third-order valence-electron chi connectivity index (χ3n) is 5.61. The molecule has 148 valence electrons. The van der Waals surface area contributed by atoms with Gasteiger partial charge in [-0.15, -0.1) is 11.8 Å². The van der Waals surface area contributed by atoms with Crippen molar-refractivity contribution in [3.8, 4) is 0 Å². The largest absolute Gasteiger partial charge is 0.354 e. The van der Waals surface area contributed by atoms with Crippen LogP contribution in [-0.4, -0.2) is 40.4 Å². The molecule has 1 saturated carbocycles. The molecule has 1 saturated heterocycles. The van der Waals surface area contributed by atoms with Crippen molar-refractivity contribution in [1.82, 2.24) is 10.2 Å². The molecule has 2 amide bonds. The highest BCUT2D eigenvalue weighted by atomic mass is 32.2. The summed E-state index contributed by atoms with van der Waals surface area (Å²) in [7, 11) is 0. The number of carbonyl (C=O) groups is 2. The van der Waals surface area contributed by atoms with Crippen LogP contribution in [0.25, 0.3) is 0 Å². The zero-order valence-corrected chi connectivity index (χ0v) is 17.6. The van der Waals surface area contributed by atoms with Crippen molar-refractivity contribution in [1.29, 1.82) is 0 Å². The van der Waals surface area contributed by atoms with Crippen molar-refractivity contribution in [2.75, 3.05) is 12.3 Å². The lowest BCUT2D eigenvalue weighted by molar-refractivity contribution is -0.125. The molecule has 0 spiro atoms. The number of nitrogens with one attached hydrogen (secondary N) is 1. The normalized spacial score (nSPS) is 23.6. The minimum atomic E-state index is -0.366. The summed E-state index contributed by atoms with van der Waals surface area (Å²) in [4.78, 5) is 28.2. The lowest BCUT2D eigenvalue weighted by Gasteiger charge is -2.35. The molecular weight excluding hydrogens is 356 g/mol. The molecule has 0 radical (unpaired) electrons. The maximum absolute atomic E-state index is 13.4. The Bertz CT molecular complexity index is 653. The van der Waals surface area contributed by atoms with Crippen LogP contribution in [0.1, 0.15) is 61.9 Å². The van der Waals surface area contributed by atoms with Crippen molar-refractivity contribution in [2.45, 2.75) is 64.3 Å². The van der Waals surface area contributed by atoms with Gasteiger partial charge in [0.1, 0.15) is 6.04 Å². The number of nitrogens with zero attached hydrogens (tertiary/aromatic N) is 1. The highest BCUT2D eigenvalue weighted by Gasteiger charge is 2.45. The Morgan fingerprint density at radius 1 is 1.15 bits per heavy atom. The Kier molecular flexibility index (Phi) is 6.85. The molecule has 0 unspecified atom stereocenters. The fourth-order valence-corrected chi connectivity index (χ4v) is 5.68. The molecule has 1 N–H and O–H groups in total. The first-order valence-electron chi connectivity index (χ1n) is 10.3. The third-order valence-corrected chi connectivity index (χ3v) is 7.07. The summed E-state index contributed by atoms with van der Waals surface area (Å²) >= 11 is 1.80. The van der Waals surface area contributed by atoms with Gasteiger partial charge in [0.25, 0.3) is 5.91 Å². The van der Waals surface area contributed by atoms with Gasteiger partial charge < -0.3 is 10.2 Å². The summed E-state index contributed by atoms with van der Waals surface area (Å²) in [5.41, 5.74) is 1.82. The number of amides is 2. The van der Waals surface area contributed by atoms with Crippen LogP contribution in [0.15, 0.2) is 24.3 Å². The van der Waals surface area contributed by atoms with Crippen molar-refractivity contribution in [3.05, 3.63) is 35.4 Å². The molecule has 2 fully saturated rings. The predicted octanol–water partition coefficient (Wildman–Crippen LogP) is 4.23. The van der Waals surface area contributed by atoms with Gasteiger partial charge in [-0.05, 0) is 43.7 Å². The predicted molar refractivity (Wildman–Crippen MR) is 112 cm³/mol. The van der Waals surface area contributed by atoms with Crippen molar-refractivity contribution in [3.63, 3.8) is 0 Å². The average molecular weight is 389 g/mol. The number of rotatable bonds is 5. The molecule has 5 heteroatoms. The average Bonchev–Trinajstić information content (AvgIpc) is 3.12. The van der Waals surface area contributed by atoms with E-state index in [4.69, 9.17) is 0 Å². The van der Waals surface area contributed by atoms with E-state index in [9.17, 15) is 9.59 Å². The number of aryl methyl sites for hydroxylation is 1. The van der Waals surface area contributed by atoms with Crippen LogP contribution >= 0.6 is 11.8 Å². The molecule has 1 aromatic rings. The first-order chi connectivity index (χ1) is 13.0. The molecule has 1 aliphatic carbocycles. The van der Waals surface area contributed by atoms with Crippen LogP contribution in [0.4, 0.5) is 0 Å². The lowest BCUT2D eigenvalue weighted by Crippen LogP contribution is -2.52. The van der Waals surface area contributed by atoms with E-state index in [1.807, 2.05) is 36.1 Å². The highest BCUT2D eigenvalue weighted by Crippen LogP contribution is 2.41. The van der Waals surface area contributed by atoms with Gasteiger partial charge in [-0.2, -0.15) is 0 Å². The van der Waals surface area contributed by atoms with E-state index in [1.54, 1.807) is 11.8 Å².